The number of phenolic OH excluding ortho intramolecular Hbond substituents is 3. The SMILES string of the molecule is [Na+].[Na+].[O-]B([O-])Oc1ccc(O)c(O)c1O. The van der Waals surface area contributed by atoms with Gasteiger partial charge in [-0.3, -0.25) is 0 Å². The molecule has 0 saturated carbocycles. The molecule has 0 radical (unpaired) electrons. The van der Waals surface area contributed by atoms with E-state index >= 15 is 0 Å². The molecule has 0 unspecified atom stereocenters. The molecule has 0 amide bonds. The van der Waals surface area contributed by atoms with Gasteiger partial charge in [-0.05, 0) is 12.1 Å². The van der Waals surface area contributed by atoms with E-state index in [0.29, 0.717) is 0 Å². The largest absolute Gasteiger partial charge is 1.00 e. The van der Waals surface area contributed by atoms with Gasteiger partial charge in [-0.2, -0.15) is 0 Å². The van der Waals surface area contributed by atoms with E-state index in [1.165, 1.54) is 0 Å². The summed E-state index contributed by atoms with van der Waals surface area (Å²) in [7, 11) is -2.60. The van der Waals surface area contributed by atoms with Crippen molar-refractivity contribution >= 4 is 7.32 Å². The minimum absolute atomic E-state index is 0. The van der Waals surface area contributed by atoms with Crippen LogP contribution in [0, 0.1) is 0 Å². The molecule has 1 rings (SSSR count). The molecule has 0 atom stereocenters. The van der Waals surface area contributed by atoms with Gasteiger partial charge in [-0.25, -0.2) is 0 Å². The summed E-state index contributed by atoms with van der Waals surface area (Å²) in [5, 5.41) is 46.8. The molecule has 0 spiro atoms. The van der Waals surface area contributed by atoms with Crippen LogP contribution in [0.2, 0.25) is 0 Å². The fraction of sp³-hybridized carbons (Fsp3) is 0. The van der Waals surface area contributed by atoms with Crippen LogP contribution in [0.1, 0.15) is 0 Å². The van der Waals surface area contributed by atoms with Crippen LogP contribution >= 0.6 is 0 Å². The normalized spacial score (nSPS) is 8.40. The van der Waals surface area contributed by atoms with Gasteiger partial charge in [0.15, 0.2) is 5.75 Å². The summed E-state index contributed by atoms with van der Waals surface area (Å²) >= 11 is 0. The zero-order valence-corrected chi connectivity index (χ0v) is 12.3. The number of hydrogen-bond acceptors (Lipinski definition) is 6. The zero-order valence-electron chi connectivity index (χ0n) is 8.30. The average Bonchev–Trinajstić information content (AvgIpc) is 2.06. The summed E-state index contributed by atoms with van der Waals surface area (Å²) in [6.45, 7) is 0. The fourth-order valence-electron chi connectivity index (χ4n) is 0.749. The number of hydrogen-bond donors (Lipinski definition) is 3. The summed E-state index contributed by atoms with van der Waals surface area (Å²) in [5.74, 6) is -2.71. The van der Waals surface area contributed by atoms with Crippen LogP contribution in [0.3, 0.4) is 0 Å². The molecule has 1 aromatic carbocycles. The molecule has 1 aromatic rings. The Kier molecular flexibility index (Phi) is 9.06. The molecule has 3 N–H and O–H groups in total. The summed E-state index contributed by atoms with van der Waals surface area (Å²) in [4.78, 5) is 0. The van der Waals surface area contributed by atoms with Crippen LogP contribution < -0.4 is 73.8 Å². The first-order valence-corrected chi connectivity index (χ1v) is 3.24. The minimum atomic E-state index is -2.60. The molecule has 0 aromatic heterocycles. The monoisotopic (exact) mass is 230 g/mol. The predicted octanol–water partition coefficient (Wildman–Crippen LogP) is -8.10. The minimum Gasteiger partial charge on any atom is -0.860 e. The summed E-state index contributed by atoms with van der Waals surface area (Å²) < 4.78 is 4.05. The van der Waals surface area contributed by atoms with Gasteiger partial charge in [-0.1, -0.05) is 0 Å². The van der Waals surface area contributed by atoms with Gasteiger partial charge in [0.1, 0.15) is 13.1 Å². The van der Waals surface area contributed by atoms with Crippen molar-refractivity contribution in [2.75, 3.05) is 0 Å². The number of aromatic hydroxyl groups is 3. The Balaban J connectivity index is 0. The molecule has 15 heavy (non-hydrogen) atoms. The Morgan fingerprint density at radius 2 is 1.53 bits per heavy atom. The van der Waals surface area contributed by atoms with E-state index < -0.39 is 30.3 Å². The van der Waals surface area contributed by atoms with Crippen molar-refractivity contribution in [2.24, 2.45) is 0 Å². The van der Waals surface area contributed by atoms with Crippen molar-refractivity contribution in [3.05, 3.63) is 12.1 Å². The van der Waals surface area contributed by atoms with Gasteiger partial charge < -0.3 is 30.0 Å². The van der Waals surface area contributed by atoms with Crippen LogP contribution in [0.4, 0.5) is 0 Å². The second kappa shape index (κ2) is 7.64. The van der Waals surface area contributed by atoms with Crippen molar-refractivity contribution < 1.29 is 89.1 Å². The number of rotatable bonds is 2. The van der Waals surface area contributed by atoms with Gasteiger partial charge in [-0.15, -0.1) is 0 Å². The molecule has 0 saturated heterocycles. The molecule has 0 heterocycles. The van der Waals surface area contributed by atoms with Crippen LogP contribution in [0.5, 0.6) is 23.0 Å². The van der Waals surface area contributed by atoms with E-state index in [4.69, 9.17) is 15.3 Å². The Morgan fingerprint density at radius 1 is 1.00 bits per heavy atom. The van der Waals surface area contributed by atoms with Gasteiger partial charge >= 0.3 is 59.1 Å². The maximum atomic E-state index is 10.0. The molecular weight excluding hydrogens is 225 g/mol. The third kappa shape index (κ3) is 4.84. The second-order valence-electron chi connectivity index (χ2n) is 2.19. The smallest absolute Gasteiger partial charge is 0.860 e. The van der Waals surface area contributed by atoms with E-state index in [-0.39, 0.29) is 59.1 Å². The number of phenols is 3. The summed E-state index contributed by atoms with van der Waals surface area (Å²) in [6, 6.07) is 1.97. The van der Waals surface area contributed by atoms with E-state index in [9.17, 15) is 10.0 Å². The first kappa shape index (κ1) is 17.8. The van der Waals surface area contributed by atoms with Crippen molar-refractivity contribution in [3.63, 3.8) is 0 Å². The van der Waals surface area contributed by atoms with Gasteiger partial charge in [0.05, 0.1) is 0 Å². The molecular formula is C6H5BNa2O6. The van der Waals surface area contributed by atoms with Gasteiger partial charge in [0.2, 0.25) is 11.5 Å². The third-order valence-electron chi connectivity index (χ3n) is 1.32. The van der Waals surface area contributed by atoms with E-state index in [2.05, 4.69) is 4.65 Å². The molecule has 6 nitrogen and oxygen atoms in total. The molecule has 0 aliphatic carbocycles. The fourth-order valence-corrected chi connectivity index (χ4v) is 0.749. The second-order valence-corrected chi connectivity index (χ2v) is 2.19. The molecule has 0 bridgehead atoms. The Labute approximate surface area is 130 Å². The first-order valence-electron chi connectivity index (χ1n) is 3.24. The van der Waals surface area contributed by atoms with Crippen molar-refractivity contribution in [2.45, 2.75) is 0 Å². The zero-order chi connectivity index (χ0) is 10.0. The Hall–Kier alpha value is 0.405. The Bertz CT molecular complexity index is 321. The predicted molar refractivity (Wildman–Crippen MR) is 37.8 cm³/mol. The summed E-state index contributed by atoms with van der Waals surface area (Å²) in [5.41, 5.74) is 0. The van der Waals surface area contributed by atoms with Crippen molar-refractivity contribution in [1.29, 1.82) is 0 Å². The van der Waals surface area contributed by atoms with Crippen molar-refractivity contribution in [3.8, 4) is 23.0 Å². The van der Waals surface area contributed by atoms with Gasteiger partial charge in [0.25, 0.3) is 0 Å². The van der Waals surface area contributed by atoms with Gasteiger partial charge in [0, 0.05) is 0 Å². The van der Waals surface area contributed by atoms with Crippen LogP contribution in [0.25, 0.3) is 0 Å². The molecule has 0 aliphatic heterocycles. The quantitative estimate of drug-likeness (QED) is 0.343. The average molecular weight is 230 g/mol. The van der Waals surface area contributed by atoms with Crippen LogP contribution in [0.15, 0.2) is 12.1 Å². The standard InChI is InChI=1S/C6H5BO6.2Na/c8-3-1-2-4(13-7(11)12)6(10)5(3)9;;/h1-2,8-10H;;/q-2;2*+1. The van der Waals surface area contributed by atoms with Crippen LogP contribution in [-0.2, 0) is 0 Å². The van der Waals surface area contributed by atoms with E-state index in [0.717, 1.165) is 12.1 Å². The number of benzene rings is 1. The Morgan fingerprint density at radius 3 is 2.00 bits per heavy atom. The maximum absolute atomic E-state index is 10.0. The van der Waals surface area contributed by atoms with Crippen molar-refractivity contribution in [1.82, 2.24) is 0 Å². The maximum Gasteiger partial charge on any atom is 1.00 e. The van der Waals surface area contributed by atoms with E-state index in [1.54, 1.807) is 0 Å². The molecule has 70 valence electrons. The molecule has 9 heteroatoms. The summed E-state index contributed by atoms with van der Waals surface area (Å²) in [6.07, 6.45) is 0. The molecule has 0 fully saturated rings. The van der Waals surface area contributed by atoms with Crippen LogP contribution in [-0.4, -0.2) is 22.6 Å². The first-order chi connectivity index (χ1) is 6.02. The third-order valence-corrected chi connectivity index (χ3v) is 1.32. The van der Waals surface area contributed by atoms with E-state index in [1.807, 2.05) is 0 Å². The topological polar surface area (TPSA) is 116 Å². The molecule has 0 aliphatic rings.